The summed E-state index contributed by atoms with van der Waals surface area (Å²) in [5.74, 6) is -0.280. The molecule has 1 radical (unpaired) electrons. The molecule has 0 spiro atoms. The molecule has 0 N–H and O–H groups in total. The van der Waals surface area contributed by atoms with Crippen molar-refractivity contribution in [3.8, 4) is 0 Å². The highest BCUT2D eigenvalue weighted by Gasteiger charge is 2.39. The van der Waals surface area contributed by atoms with Crippen LogP contribution in [0.3, 0.4) is 0 Å². The maximum Gasteiger partial charge on any atom is 0.255 e. The van der Waals surface area contributed by atoms with Gasteiger partial charge in [0, 0.05) is 12.1 Å². The van der Waals surface area contributed by atoms with E-state index >= 15 is 0 Å². The van der Waals surface area contributed by atoms with Crippen LogP contribution in [-0.4, -0.2) is 31.1 Å². The number of rotatable bonds is 3. The van der Waals surface area contributed by atoms with E-state index in [9.17, 15) is 13.2 Å². The number of nitrogens with zero attached hydrogens (tertiary/aromatic N) is 1. The number of hydrogen-bond acceptors (Lipinski definition) is 3. The van der Waals surface area contributed by atoms with Gasteiger partial charge in [-0.2, -0.15) is 0 Å². The highest BCUT2D eigenvalue weighted by atomic mass is 32.2. The van der Waals surface area contributed by atoms with Crippen LogP contribution in [0.2, 0.25) is 0 Å². The molecule has 0 aliphatic carbocycles. The summed E-state index contributed by atoms with van der Waals surface area (Å²) < 4.78 is 26.0. The number of sulfone groups is 1. The molecule has 1 aliphatic rings. The Balaban J connectivity index is 1.68. The Labute approximate surface area is 153 Å². The van der Waals surface area contributed by atoms with E-state index in [4.69, 9.17) is 0 Å². The van der Waals surface area contributed by atoms with Crippen molar-refractivity contribution in [3.05, 3.63) is 78.4 Å². The van der Waals surface area contributed by atoms with Crippen molar-refractivity contribution in [1.82, 2.24) is 4.90 Å². The fourth-order valence-corrected chi connectivity index (χ4v) is 5.33. The lowest BCUT2D eigenvalue weighted by molar-refractivity contribution is 0.0774. The van der Waals surface area contributed by atoms with Gasteiger partial charge in [0.25, 0.3) is 5.91 Å². The van der Waals surface area contributed by atoms with Crippen molar-refractivity contribution < 1.29 is 13.2 Å². The van der Waals surface area contributed by atoms with Gasteiger partial charge in [-0.1, -0.05) is 42.5 Å². The molecule has 1 heterocycles. The second-order valence-electron chi connectivity index (χ2n) is 6.43. The second kappa shape index (κ2) is 6.57. The lowest BCUT2D eigenvalue weighted by Crippen LogP contribution is -2.40. The first kappa shape index (κ1) is 16.8. The Kier molecular flexibility index (Phi) is 4.24. The minimum atomic E-state index is -3.59. The summed E-state index contributed by atoms with van der Waals surface area (Å²) in [5.41, 5.74) is 0.402. The zero-order valence-corrected chi connectivity index (χ0v) is 14.9. The molecule has 1 fully saturated rings. The summed E-state index contributed by atoms with van der Waals surface area (Å²) in [6, 6.07) is 22.6. The molecule has 5 heteroatoms. The van der Waals surface area contributed by atoms with Gasteiger partial charge in [-0.3, -0.25) is 4.79 Å². The Morgan fingerprint density at radius 2 is 1.69 bits per heavy atom. The van der Waals surface area contributed by atoms with Crippen LogP contribution in [0.25, 0.3) is 10.8 Å². The fraction of sp³-hybridized carbons (Fsp3) is 0.190. The van der Waals surface area contributed by atoms with Crippen molar-refractivity contribution in [2.24, 2.45) is 0 Å². The number of benzene rings is 3. The largest absolute Gasteiger partial charge is 0.321 e. The molecule has 26 heavy (non-hydrogen) atoms. The monoisotopic (exact) mass is 364 g/mol. The van der Waals surface area contributed by atoms with Crippen LogP contribution >= 0.6 is 0 Å². The second-order valence-corrected chi connectivity index (χ2v) is 8.53. The third-order valence-corrected chi connectivity index (χ3v) is 6.93. The molecule has 0 bridgehead atoms. The Morgan fingerprint density at radius 1 is 1.00 bits per heavy atom. The van der Waals surface area contributed by atoms with E-state index < -0.39 is 15.2 Å². The Bertz CT molecular complexity index is 1060. The highest BCUT2D eigenvalue weighted by molar-refractivity contribution is 7.92. The van der Waals surface area contributed by atoms with E-state index in [1.54, 1.807) is 42.5 Å². The van der Waals surface area contributed by atoms with Gasteiger partial charge >= 0.3 is 0 Å². The van der Waals surface area contributed by atoms with Crippen molar-refractivity contribution in [3.63, 3.8) is 0 Å². The zero-order valence-electron chi connectivity index (χ0n) is 14.1. The van der Waals surface area contributed by atoms with Gasteiger partial charge in [0.1, 0.15) is 5.37 Å². The molecular weight excluding hydrogens is 346 g/mol. The van der Waals surface area contributed by atoms with Crippen molar-refractivity contribution >= 4 is 26.5 Å². The number of carbonyl (C=O) groups is 1. The summed E-state index contributed by atoms with van der Waals surface area (Å²) in [6.07, 6.45) is 1.13. The number of fused-ring (bicyclic) bond motifs is 1. The van der Waals surface area contributed by atoms with Crippen LogP contribution in [0.15, 0.2) is 71.6 Å². The van der Waals surface area contributed by atoms with E-state index in [2.05, 4.69) is 6.07 Å². The van der Waals surface area contributed by atoms with Crippen LogP contribution in [-0.2, 0) is 9.84 Å². The molecule has 3 aromatic carbocycles. The standard InChI is InChI=1S/C21H18NO3S/c23-21(18-13-12-16-7-4-5-8-17(16)15-18)22-14-6-11-20(22)26(24,25)19-9-2-1-3-10-19/h1-5,7-10,12,15,20H,6,11,14H2. The van der Waals surface area contributed by atoms with Crippen LogP contribution in [0, 0.1) is 6.07 Å². The maximum absolute atomic E-state index is 13.0. The molecule has 0 aromatic heterocycles. The number of amides is 1. The third kappa shape index (κ3) is 2.88. The molecule has 4 nitrogen and oxygen atoms in total. The van der Waals surface area contributed by atoms with E-state index in [-0.39, 0.29) is 10.8 Å². The van der Waals surface area contributed by atoms with Crippen molar-refractivity contribution in [1.29, 1.82) is 0 Å². The molecule has 4 rings (SSSR count). The van der Waals surface area contributed by atoms with Gasteiger partial charge in [0.2, 0.25) is 0 Å². The molecule has 1 amide bonds. The summed E-state index contributed by atoms with van der Waals surface area (Å²) in [7, 11) is -3.59. The van der Waals surface area contributed by atoms with Crippen molar-refractivity contribution in [2.75, 3.05) is 6.54 Å². The molecule has 1 unspecified atom stereocenters. The van der Waals surface area contributed by atoms with Gasteiger partial charge < -0.3 is 4.90 Å². The summed E-state index contributed by atoms with van der Waals surface area (Å²) in [5, 5.41) is 1.12. The number of carbonyl (C=O) groups excluding carboxylic acids is 1. The average molecular weight is 364 g/mol. The minimum Gasteiger partial charge on any atom is -0.321 e. The third-order valence-electron chi connectivity index (χ3n) is 4.80. The average Bonchev–Trinajstić information content (AvgIpc) is 3.18. The van der Waals surface area contributed by atoms with E-state index in [1.165, 1.54) is 4.90 Å². The minimum absolute atomic E-state index is 0.257. The van der Waals surface area contributed by atoms with Gasteiger partial charge in [0.15, 0.2) is 9.84 Å². The van der Waals surface area contributed by atoms with E-state index in [0.717, 1.165) is 10.8 Å². The molecule has 0 saturated carbocycles. The molecular formula is C21H18NO3S. The number of hydrogen-bond donors (Lipinski definition) is 0. The molecule has 3 aromatic rings. The zero-order chi connectivity index (χ0) is 18.1. The SMILES string of the molecule is O=C(c1[c]cc2ccccc2c1)N1CCCC1S(=O)(=O)c1ccccc1. The van der Waals surface area contributed by atoms with Crippen LogP contribution in [0.5, 0.6) is 0 Å². The lowest BCUT2D eigenvalue weighted by atomic mass is 10.1. The fourth-order valence-electron chi connectivity index (χ4n) is 3.46. The van der Waals surface area contributed by atoms with E-state index in [1.807, 2.05) is 24.3 Å². The highest BCUT2D eigenvalue weighted by Crippen LogP contribution is 2.29. The van der Waals surface area contributed by atoms with Gasteiger partial charge in [-0.25, -0.2) is 8.42 Å². The van der Waals surface area contributed by atoms with E-state index in [0.29, 0.717) is 24.9 Å². The Morgan fingerprint density at radius 3 is 2.46 bits per heavy atom. The summed E-state index contributed by atoms with van der Waals surface area (Å²) >= 11 is 0. The first-order valence-corrected chi connectivity index (χ1v) is 10.1. The van der Waals surface area contributed by atoms with Crippen LogP contribution in [0.1, 0.15) is 23.2 Å². The smallest absolute Gasteiger partial charge is 0.255 e. The lowest BCUT2D eigenvalue weighted by Gasteiger charge is -2.25. The molecule has 1 saturated heterocycles. The van der Waals surface area contributed by atoms with Crippen molar-refractivity contribution in [2.45, 2.75) is 23.1 Å². The predicted molar refractivity (Wildman–Crippen MR) is 100 cm³/mol. The van der Waals surface area contributed by atoms with Crippen LogP contribution in [0.4, 0.5) is 0 Å². The Hall–Kier alpha value is -2.66. The van der Waals surface area contributed by atoms with Gasteiger partial charge in [0.05, 0.1) is 4.90 Å². The summed E-state index contributed by atoms with van der Waals surface area (Å²) in [4.78, 5) is 14.7. The molecule has 1 aliphatic heterocycles. The predicted octanol–water partition coefficient (Wildman–Crippen LogP) is 3.68. The molecule has 131 valence electrons. The first-order chi connectivity index (χ1) is 12.6. The van der Waals surface area contributed by atoms with Gasteiger partial charge in [-0.15, -0.1) is 0 Å². The molecule has 1 atom stereocenters. The topological polar surface area (TPSA) is 54.5 Å². The quantitative estimate of drug-likeness (QED) is 0.712. The first-order valence-electron chi connectivity index (χ1n) is 8.58. The summed E-state index contributed by atoms with van der Waals surface area (Å²) in [6.45, 7) is 0.441. The normalized spacial score (nSPS) is 17.5. The maximum atomic E-state index is 13.0. The van der Waals surface area contributed by atoms with Crippen LogP contribution < -0.4 is 0 Å². The number of likely N-dealkylation sites (tertiary alicyclic amines) is 1. The van der Waals surface area contributed by atoms with Gasteiger partial charge in [-0.05, 0) is 53.9 Å².